The second-order valence-electron chi connectivity index (χ2n) is 7.40. The van der Waals surface area contributed by atoms with Crippen LogP contribution in [-0.2, 0) is 4.79 Å². The Hall–Kier alpha value is -1.51. The fourth-order valence-corrected chi connectivity index (χ4v) is 5.33. The molecule has 3 heteroatoms. The molecule has 4 saturated carbocycles. The van der Waals surface area contributed by atoms with Crippen LogP contribution < -0.4 is 5.32 Å². The van der Waals surface area contributed by atoms with Gasteiger partial charge in [-0.15, -0.1) is 0 Å². The van der Waals surface area contributed by atoms with Crippen molar-refractivity contribution < 1.29 is 9.90 Å². The Morgan fingerprint density at radius 3 is 2.33 bits per heavy atom. The standard InChI is InChI=1S/C18H23NO2/c1-10-15(3-2-4-16(10)20)19-18(21)17-13-6-11-5-12(8-13)9-14(17)7-11/h2-4,11-14,17,20H,5-9H2,1H3,(H,19,21). The van der Waals surface area contributed by atoms with Crippen molar-refractivity contribution in [2.24, 2.45) is 29.6 Å². The van der Waals surface area contributed by atoms with E-state index in [0.717, 1.165) is 23.1 Å². The van der Waals surface area contributed by atoms with Crippen molar-refractivity contribution in [1.29, 1.82) is 0 Å². The summed E-state index contributed by atoms with van der Waals surface area (Å²) >= 11 is 0. The molecule has 2 N–H and O–H groups in total. The molecule has 0 aliphatic heterocycles. The lowest BCUT2D eigenvalue weighted by Crippen LogP contribution is -2.49. The SMILES string of the molecule is Cc1c(O)cccc1NC(=O)C1C2CC3CC(C2)CC1C3. The molecule has 0 saturated heterocycles. The number of hydrogen-bond donors (Lipinski definition) is 2. The molecule has 4 fully saturated rings. The van der Waals surface area contributed by atoms with Crippen LogP contribution in [0.1, 0.15) is 37.7 Å². The summed E-state index contributed by atoms with van der Waals surface area (Å²) in [6.45, 7) is 1.85. The van der Waals surface area contributed by atoms with E-state index in [1.807, 2.05) is 13.0 Å². The fourth-order valence-electron chi connectivity index (χ4n) is 5.33. The van der Waals surface area contributed by atoms with Gasteiger partial charge in [-0.25, -0.2) is 0 Å². The Labute approximate surface area is 125 Å². The first-order valence-corrected chi connectivity index (χ1v) is 8.21. The van der Waals surface area contributed by atoms with Gasteiger partial charge in [0, 0.05) is 17.2 Å². The highest BCUT2D eigenvalue weighted by Crippen LogP contribution is 2.56. The van der Waals surface area contributed by atoms with Crippen LogP contribution in [0.15, 0.2) is 18.2 Å². The lowest BCUT2D eigenvalue weighted by Gasteiger charge is -2.53. The predicted molar refractivity (Wildman–Crippen MR) is 82.0 cm³/mol. The molecular formula is C18H23NO2. The number of phenolic OH excluding ortho intramolecular Hbond substituents is 1. The Bertz CT molecular complexity index is 553. The fraction of sp³-hybridized carbons (Fsp3) is 0.611. The summed E-state index contributed by atoms with van der Waals surface area (Å²) in [5, 5.41) is 12.9. The van der Waals surface area contributed by atoms with Crippen LogP contribution in [0.25, 0.3) is 0 Å². The third-order valence-electron chi connectivity index (χ3n) is 6.09. The third-order valence-corrected chi connectivity index (χ3v) is 6.09. The molecule has 0 aromatic heterocycles. The topological polar surface area (TPSA) is 49.3 Å². The number of carbonyl (C=O) groups is 1. The zero-order chi connectivity index (χ0) is 14.6. The van der Waals surface area contributed by atoms with Crippen molar-refractivity contribution in [3.8, 4) is 5.75 Å². The van der Waals surface area contributed by atoms with E-state index in [2.05, 4.69) is 5.32 Å². The van der Waals surface area contributed by atoms with E-state index in [-0.39, 0.29) is 17.6 Å². The lowest BCUT2D eigenvalue weighted by molar-refractivity contribution is -0.132. The molecule has 3 nitrogen and oxygen atoms in total. The largest absolute Gasteiger partial charge is 0.508 e. The molecule has 4 bridgehead atoms. The lowest BCUT2D eigenvalue weighted by atomic mass is 9.51. The van der Waals surface area contributed by atoms with E-state index >= 15 is 0 Å². The van der Waals surface area contributed by atoms with E-state index in [1.54, 1.807) is 12.1 Å². The second kappa shape index (κ2) is 4.75. The molecule has 0 unspecified atom stereocenters. The van der Waals surface area contributed by atoms with Crippen LogP contribution in [0.2, 0.25) is 0 Å². The highest BCUT2D eigenvalue weighted by Gasteiger charge is 2.50. The van der Waals surface area contributed by atoms with Gasteiger partial charge in [0.25, 0.3) is 0 Å². The van der Waals surface area contributed by atoms with Gasteiger partial charge in [-0.1, -0.05) is 6.07 Å². The zero-order valence-corrected chi connectivity index (χ0v) is 12.5. The van der Waals surface area contributed by atoms with Crippen molar-refractivity contribution in [1.82, 2.24) is 0 Å². The number of nitrogens with one attached hydrogen (secondary N) is 1. The summed E-state index contributed by atoms with van der Waals surface area (Å²) in [5.74, 6) is 3.59. The zero-order valence-electron chi connectivity index (χ0n) is 12.5. The summed E-state index contributed by atoms with van der Waals surface area (Å²) in [7, 11) is 0. The molecule has 4 aliphatic rings. The number of phenols is 1. The monoisotopic (exact) mass is 285 g/mol. The molecule has 0 heterocycles. The Balaban J connectivity index is 1.54. The molecule has 5 rings (SSSR count). The first-order valence-electron chi connectivity index (χ1n) is 8.21. The second-order valence-corrected chi connectivity index (χ2v) is 7.40. The smallest absolute Gasteiger partial charge is 0.228 e. The molecule has 112 valence electrons. The van der Waals surface area contributed by atoms with Gasteiger partial charge in [-0.2, -0.15) is 0 Å². The Morgan fingerprint density at radius 2 is 1.71 bits per heavy atom. The van der Waals surface area contributed by atoms with Crippen LogP contribution in [0, 0.1) is 36.5 Å². The number of carbonyl (C=O) groups excluding carboxylic acids is 1. The van der Waals surface area contributed by atoms with Crippen LogP contribution in [0.3, 0.4) is 0 Å². The van der Waals surface area contributed by atoms with Crippen LogP contribution in [0.5, 0.6) is 5.75 Å². The van der Waals surface area contributed by atoms with Gasteiger partial charge in [-0.05, 0) is 74.8 Å². The summed E-state index contributed by atoms with van der Waals surface area (Å²) in [6.07, 6.45) is 6.43. The third kappa shape index (κ3) is 2.14. The number of rotatable bonds is 2. The molecule has 4 aliphatic carbocycles. The van der Waals surface area contributed by atoms with Crippen molar-refractivity contribution in [2.45, 2.75) is 39.0 Å². The summed E-state index contributed by atoms with van der Waals surface area (Å²) in [5.41, 5.74) is 1.52. The summed E-state index contributed by atoms with van der Waals surface area (Å²) in [6, 6.07) is 5.33. The molecule has 0 spiro atoms. The average Bonchev–Trinajstić information content (AvgIpc) is 2.42. The van der Waals surface area contributed by atoms with Crippen molar-refractivity contribution in [2.75, 3.05) is 5.32 Å². The van der Waals surface area contributed by atoms with E-state index < -0.39 is 0 Å². The molecule has 0 atom stereocenters. The quantitative estimate of drug-likeness (QED) is 0.870. The van der Waals surface area contributed by atoms with E-state index in [4.69, 9.17) is 0 Å². The minimum atomic E-state index is 0.178. The van der Waals surface area contributed by atoms with E-state index in [1.165, 1.54) is 32.1 Å². The first-order chi connectivity index (χ1) is 10.1. The van der Waals surface area contributed by atoms with E-state index in [0.29, 0.717) is 11.8 Å². The van der Waals surface area contributed by atoms with Gasteiger partial charge >= 0.3 is 0 Å². The maximum absolute atomic E-state index is 12.8. The number of anilines is 1. The van der Waals surface area contributed by atoms with Crippen molar-refractivity contribution >= 4 is 11.6 Å². The molecule has 21 heavy (non-hydrogen) atoms. The number of benzene rings is 1. The van der Waals surface area contributed by atoms with Gasteiger partial charge in [0.2, 0.25) is 5.91 Å². The summed E-state index contributed by atoms with van der Waals surface area (Å²) in [4.78, 5) is 12.8. The summed E-state index contributed by atoms with van der Waals surface area (Å²) < 4.78 is 0. The van der Waals surface area contributed by atoms with E-state index in [9.17, 15) is 9.90 Å². The average molecular weight is 285 g/mol. The number of aromatic hydroxyl groups is 1. The molecule has 1 amide bonds. The van der Waals surface area contributed by atoms with Crippen molar-refractivity contribution in [3.05, 3.63) is 23.8 Å². The van der Waals surface area contributed by atoms with Gasteiger partial charge in [-0.3, -0.25) is 4.79 Å². The molecule has 1 aromatic carbocycles. The van der Waals surface area contributed by atoms with Gasteiger partial charge in [0.1, 0.15) is 5.75 Å². The van der Waals surface area contributed by atoms with Gasteiger partial charge in [0.05, 0.1) is 0 Å². The first kappa shape index (κ1) is 13.2. The Morgan fingerprint density at radius 1 is 1.10 bits per heavy atom. The van der Waals surface area contributed by atoms with Crippen molar-refractivity contribution in [3.63, 3.8) is 0 Å². The maximum atomic E-state index is 12.8. The predicted octanol–water partition coefficient (Wildman–Crippen LogP) is 3.71. The normalized spacial score (nSPS) is 36.7. The highest BCUT2D eigenvalue weighted by atomic mass is 16.3. The Kier molecular flexibility index (Phi) is 2.98. The van der Waals surface area contributed by atoms with Gasteiger partial charge < -0.3 is 10.4 Å². The minimum absolute atomic E-state index is 0.178. The number of amides is 1. The molecule has 0 radical (unpaired) electrons. The van der Waals surface area contributed by atoms with Gasteiger partial charge in [0.15, 0.2) is 0 Å². The van der Waals surface area contributed by atoms with Crippen LogP contribution in [-0.4, -0.2) is 11.0 Å². The maximum Gasteiger partial charge on any atom is 0.228 e. The molecular weight excluding hydrogens is 262 g/mol. The number of hydrogen-bond acceptors (Lipinski definition) is 2. The van der Waals surface area contributed by atoms with Crippen LogP contribution >= 0.6 is 0 Å². The van der Waals surface area contributed by atoms with Crippen LogP contribution in [0.4, 0.5) is 5.69 Å². The molecule has 1 aromatic rings. The highest BCUT2D eigenvalue weighted by molar-refractivity contribution is 5.94. The minimum Gasteiger partial charge on any atom is -0.508 e.